The van der Waals surface area contributed by atoms with E-state index in [9.17, 15) is 9.90 Å². The smallest absolute Gasteiger partial charge is 0.373 e. The first-order chi connectivity index (χ1) is 33.9. The third-order valence-electron chi connectivity index (χ3n) is 13.2. The molecule has 2 fully saturated rings. The summed E-state index contributed by atoms with van der Waals surface area (Å²) in [6, 6.07) is 35.5. The zero-order valence-corrected chi connectivity index (χ0v) is 41.3. The van der Waals surface area contributed by atoms with Gasteiger partial charge in [-0.2, -0.15) is 23.3 Å². The van der Waals surface area contributed by atoms with Gasteiger partial charge in [0.25, 0.3) is 5.69 Å². The molecule has 0 spiro atoms. The number of benzene rings is 4. The van der Waals surface area contributed by atoms with Crippen LogP contribution in [0.3, 0.4) is 0 Å². The molecule has 1 aliphatic carbocycles. The minimum atomic E-state index is -1.30. The molecule has 362 valence electrons. The van der Waals surface area contributed by atoms with Crippen LogP contribution in [-0.2, 0) is 9.59 Å². The van der Waals surface area contributed by atoms with E-state index in [4.69, 9.17) is 14.0 Å². The minimum absolute atomic E-state index is 0. The standard InChI is InChI=1S/C55H57N8O3S.CO2.CH4/c1-56(2)38-20-30-61(31-21-38)51-50(55(64)65)49(48-44-18-16-41(59-26-10-11-27-59)36-46(44)66-47-37-42(17-19-45(47)48)60-28-12-13-29-60)52(62-32-22-39(23-33-62)57(3)4)54(67-43-14-8-7-9-15-43)53(51)63-34-24-40(25-35-63)58(5)6;2-1-3;/h7-9,14-25,30-37H,10-13,26-29H2,1-6H3;;1H4/q+3;;. The average molecular weight is 970 g/mol. The van der Waals surface area contributed by atoms with E-state index in [0.717, 1.165) is 106 Å². The van der Waals surface area contributed by atoms with Gasteiger partial charge in [-0.3, -0.25) is 0 Å². The van der Waals surface area contributed by atoms with Crippen molar-refractivity contribution in [3.63, 3.8) is 0 Å². The summed E-state index contributed by atoms with van der Waals surface area (Å²) in [6.45, 7) is 3.91. The Labute approximate surface area is 419 Å². The first-order valence-corrected chi connectivity index (χ1v) is 24.4. The van der Waals surface area contributed by atoms with Crippen molar-refractivity contribution in [3.05, 3.63) is 151 Å². The molecule has 0 atom stereocenters. The van der Waals surface area contributed by atoms with E-state index >= 15 is 0 Å². The van der Waals surface area contributed by atoms with Gasteiger partial charge in [0.15, 0.2) is 42.1 Å². The van der Waals surface area contributed by atoms with Crippen LogP contribution in [0.15, 0.2) is 155 Å². The van der Waals surface area contributed by atoms with Crippen LogP contribution < -0.4 is 48.3 Å². The van der Waals surface area contributed by atoms with E-state index in [1.807, 2.05) is 119 Å². The highest BCUT2D eigenvalue weighted by Crippen LogP contribution is 2.49. The quantitative estimate of drug-likeness (QED) is 0.0996. The lowest BCUT2D eigenvalue weighted by molar-refractivity contribution is -0.637. The van der Waals surface area contributed by atoms with Gasteiger partial charge >= 0.3 is 11.8 Å². The predicted molar refractivity (Wildman–Crippen MR) is 278 cm³/mol. The zero-order valence-electron chi connectivity index (χ0n) is 40.5. The van der Waals surface area contributed by atoms with Crippen LogP contribution in [0.1, 0.15) is 43.5 Å². The molecule has 3 aromatic carbocycles. The maximum atomic E-state index is 14.8. The van der Waals surface area contributed by atoms with E-state index in [2.05, 4.69) is 101 Å². The molecule has 6 aromatic rings. The van der Waals surface area contributed by atoms with Crippen LogP contribution in [0.4, 0.5) is 22.7 Å². The third kappa shape index (κ3) is 9.99. The monoisotopic (exact) mass is 969 g/mol. The molecule has 4 aliphatic rings. The average Bonchev–Trinajstić information content (AvgIpc) is 4.12. The van der Waals surface area contributed by atoms with Crippen molar-refractivity contribution in [2.24, 2.45) is 0 Å². The molecular weight excluding hydrogens is 909 g/mol. The molecule has 0 N–H and O–H groups in total. The highest BCUT2D eigenvalue weighted by atomic mass is 32.2. The fraction of sp³-hybridized carbons (Fsp3) is 0.263. The number of carbonyl (C=O) groups is 1. The number of aromatic nitrogens is 3. The maximum Gasteiger partial charge on any atom is 0.373 e. The van der Waals surface area contributed by atoms with Gasteiger partial charge in [-0.15, -0.1) is 0 Å². The van der Waals surface area contributed by atoms with Crippen molar-refractivity contribution >= 4 is 57.6 Å². The molecule has 6 heterocycles. The summed E-state index contributed by atoms with van der Waals surface area (Å²) in [4.78, 5) is 41.5. The Balaban J connectivity index is 0.00000165. The fourth-order valence-electron chi connectivity index (χ4n) is 9.65. The van der Waals surface area contributed by atoms with Gasteiger partial charge in [0, 0.05) is 161 Å². The van der Waals surface area contributed by atoms with Gasteiger partial charge in [0.2, 0.25) is 11.0 Å². The van der Waals surface area contributed by atoms with Gasteiger partial charge in [-0.1, -0.05) is 37.4 Å². The number of rotatable bonds is 11. The molecule has 2 saturated heterocycles. The molecular formula is C57H61N8O5S+3. The van der Waals surface area contributed by atoms with Gasteiger partial charge in [0.1, 0.15) is 24.4 Å². The molecule has 3 aliphatic heterocycles. The Morgan fingerprint density at radius 2 is 1.15 bits per heavy atom. The zero-order chi connectivity index (χ0) is 49.1. The Morgan fingerprint density at radius 3 is 1.68 bits per heavy atom. The third-order valence-corrected chi connectivity index (χ3v) is 14.3. The van der Waals surface area contributed by atoms with Crippen LogP contribution in [0.25, 0.3) is 50.5 Å². The van der Waals surface area contributed by atoms with Crippen LogP contribution in [0, 0.1) is 0 Å². The van der Waals surface area contributed by atoms with Gasteiger partial charge < -0.3 is 33.9 Å². The number of hydrogen-bond donors (Lipinski definition) is 0. The van der Waals surface area contributed by atoms with Crippen molar-refractivity contribution < 1.29 is 37.6 Å². The number of hydrogen-bond acceptors (Lipinski definition) is 10. The molecule has 71 heavy (non-hydrogen) atoms. The predicted octanol–water partition coefficient (Wildman–Crippen LogP) is 6.97. The summed E-state index contributed by atoms with van der Waals surface area (Å²) < 4.78 is 15.5. The molecule has 0 radical (unpaired) electrons. The summed E-state index contributed by atoms with van der Waals surface area (Å²) in [5.74, 6) is -0.610. The Hall–Kier alpha value is -7.80. The van der Waals surface area contributed by atoms with Crippen LogP contribution in [-0.4, -0.2) is 80.6 Å². The van der Waals surface area contributed by atoms with Crippen LogP contribution >= 0.6 is 11.8 Å². The van der Waals surface area contributed by atoms with Crippen molar-refractivity contribution in [3.8, 4) is 39.5 Å². The summed E-state index contributed by atoms with van der Waals surface area (Å²) in [7, 11) is 12.1. The molecule has 0 bridgehead atoms. The second-order valence-corrected chi connectivity index (χ2v) is 19.3. The van der Waals surface area contributed by atoms with Crippen LogP contribution in [0.2, 0.25) is 0 Å². The van der Waals surface area contributed by atoms with E-state index in [0.29, 0.717) is 34.0 Å². The van der Waals surface area contributed by atoms with Crippen molar-refractivity contribution in [2.75, 3.05) is 88.1 Å². The number of fused-ring (bicyclic) bond motifs is 2. The highest BCUT2D eigenvalue weighted by molar-refractivity contribution is 7.99. The number of carboxylic acids is 1. The molecule has 14 heteroatoms. The molecule has 10 rings (SSSR count). The lowest BCUT2D eigenvalue weighted by Gasteiger charge is -2.23. The Morgan fingerprint density at radius 1 is 0.634 bits per heavy atom. The second-order valence-electron chi connectivity index (χ2n) is 18.2. The number of carboxylic acid groups (broad SMARTS) is 1. The highest BCUT2D eigenvalue weighted by Gasteiger charge is 2.42. The normalized spacial score (nSPS) is 13.1. The molecule has 13 nitrogen and oxygen atoms in total. The minimum Gasteiger partial charge on any atom is -0.545 e. The molecule has 0 amide bonds. The van der Waals surface area contributed by atoms with E-state index in [-0.39, 0.29) is 19.1 Å². The first-order valence-electron chi connectivity index (χ1n) is 23.5. The SMILES string of the molecule is C.CN(C)c1cc[n+](-c2c(Sc3ccccc3)c(-[n+]3ccc(N(C)C)cc3)c(-[n+]3ccc(N(C)C)cc3)c(C(=O)[O-])c2-c2c3ccc(=[N+]4CCCC4)cc-3oc3cc(N4CCCC4)ccc23)cc1.O=C=O. The van der Waals surface area contributed by atoms with Gasteiger partial charge in [-0.25, -0.2) is 4.58 Å². The Kier molecular flexibility index (Phi) is 15.0. The lowest BCUT2D eigenvalue weighted by Crippen LogP contribution is -2.45. The van der Waals surface area contributed by atoms with Gasteiger partial charge in [-0.05, 0) is 43.2 Å². The molecule has 0 unspecified atom stereocenters. The number of nitrogens with zero attached hydrogens (tertiary/aromatic N) is 8. The fourth-order valence-corrected chi connectivity index (χ4v) is 10.8. The van der Waals surface area contributed by atoms with Crippen LogP contribution in [0.5, 0.6) is 0 Å². The van der Waals surface area contributed by atoms with Crippen molar-refractivity contribution in [1.29, 1.82) is 0 Å². The van der Waals surface area contributed by atoms with E-state index < -0.39 is 5.97 Å². The van der Waals surface area contributed by atoms with Crippen molar-refractivity contribution in [1.82, 2.24) is 4.58 Å². The number of aromatic carboxylic acids is 1. The topological polar surface area (TPSA) is 115 Å². The summed E-state index contributed by atoms with van der Waals surface area (Å²) in [6.07, 6.45) is 16.8. The summed E-state index contributed by atoms with van der Waals surface area (Å²) in [5, 5.41) is 16.7. The van der Waals surface area contributed by atoms with E-state index in [1.54, 1.807) is 11.8 Å². The van der Waals surface area contributed by atoms with Gasteiger partial charge in [0.05, 0.1) is 23.2 Å². The molecule has 3 aromatic heterocycles. The van der Waals surface area contributed by atoms with Crippen molar-refractivity contribution in [2.45, 2.75) is 42.9 Å². The summed E-state index contributed by atoms with van der Waals surface area (Å²) in [5.41, 5.74) is 8.79. The number of pyridine rings is 3. The number of anilines is 4. The molecule has 0 saturated carbocycles. The van der Waals surface area contributed by atoms with E-state index in [1.165, 1.54) is 0 Å². The largest absolute Gasteiger partial charge is 0.545 e. The summed E-state index contributed by atoms with van der Waals surface area (Å²) >= 11 is 1.61. The number of carbonyl (C=O) groups excluding carboxylic acids is 3. The Bertz CT molecular complexity index is 3260. The maximum absolute atomic E-state index is 14.8. The second kappa shape index (κ2) is 21.5. The first kappa shape index (κ1) is 49.6. The lowest BCUT2D eigenvalue weighted by atomic mass is 9.87.